The van der Waals surface area contributed by atoms with Crippen molar-refractivity contribution >= 4 is 24.8 Å². The Labute approximate surface area is 145 Å². The molecule has 0 aromatic heterocycles. The van der Waals surface area contributed by atoms with Crippen LogP contribution in [0.3, 0.4) is 0 Å². The molecule has 1 aromatic carbocycles. The van der Waals surface area contributed by atoms with E-state index in [4.69, 9.17) is 0 Å². The molecule has 8 heteroatoms. The van der Waals surface area contributed by atoms with E-state index in [9.17, 15) is 17.6 Å². The van der Waals surface area contributed by atoms with Crippen molar-refractivity contribution in [1.29, 1.82) is 0 Å². The van der Waals surface area contributed by atoms with Crippen LogP contribution in [0.15, 0.2) is 18.2 Å². The molecule has 1 aliphatic heterocycles. The van der Waals surface area contributed by atoms with E-state index in [1.54, 1.807) is 0 Å². The van der Waals surface area contributed by atoms with Crippen LogP contribution in [0.2, 0.25) is 0 Å². The second-order valence-corrected chi connectivity index (χ2v) is 5.81. The minimum absolute atomic E-state index is 0. The summed E-state index contributed by atoms with van der Waals surface area (Å²) in [6.07, 6.45) is -2.50. The van der Waals surface area contributed by atoms with Gasteiger partial charge in [-0.1, -0.05) is 6.07 Å². The summed E-state index contributed by atoms with van der Waals surface area (Å²) in [6.45, 7) is 3.44. The Hall–Kier alpha value is -0.560. The van der Waals surface area contributed by atoms with Gasteiger partial charge < -0.3 is 5.32 Å². The smallest absolute Gasteiger partial charge is 0.314 e. The number of nitrogens with zero attached hydrogens (tertiary/aromatic N) is 1. The molecule has 2 fully saturated rings. The molecule has 0 spiro atoms. The fraction of sp³-hybridized carbons (Fsp3) is 0.600. The molecule has 1 heterocycles. The zero-order valence-corrected chi connectivity index (χ0v) is 14.0. The molecule has 1 N–H and O–H groups in total. The lowest BCUT2D eigenvalue weighted by atomic mass is 9.98. The highest BCUT2D eigenvalue weighted by atomic mass is 35.5. The first-order chi connectivity index (χ1) is 9.97. The average molecular weight is 375 g/mol. The van der Waals surface area contributed by atoms with Gasteiger partial charge in [0.05, 0.1) is 5.56 Å². The van der Waals surface area contributed by atoms with Gasteiger partial charge in [0.1, 0.15) is 5.82 Å². The van der Waals surface area contributed by atoms with E-state index < -0.39 is 17.6 Å². The van der Waals surface area contributed by atoms with Crippen molar-refractivity contribution in [1.82, 2.24) is 10.2 Å². The van der Waals surface area contributed by atoms with E-state index in [0.717, 1.165) is 51.2 Å². The van der Waals surface area contributed by atoms with Crippen LogP contribution in [0.4, 0.5) is 17.6 Å². The highest BCUT2D eigenvalue weighted by molar-refractivity contribution is 5.85. The van der Waals surface area contributed by atoms with Crippen LogP contribution in [-0.2, 0) is 6.18 Å². The average Bonchev–Trinajstić information content (AvgIpc) is 3.23. The van der Waals surface area contributed by atoms with Gasteiger partial charge >= 0.3 is 6.18 Å². The Kier molecular flexibility index (Phi) is 7.13. The Balaban J connectivity index is 0.00000132. The first kappa shape index (κ1) is 20.5. The van der Waals surface area contributed by atoms with Gasteiger partial charge in [0.2, 0.25) is 0 Å². The number of rotatable bonds is 3. The molecular weight excluding hydrogens is 355 g/mol. The summed E-state index contributed by atoms with van der Waals surface area (Å²) in [5, 5.41) is 3.26. The van der Waals surface area contributed by atoms with E-state index in [-0.39, 0.29) is 30.9 Å². The number of nitrogens with one attached hydrogen (secondary N) is 1. The quantitative estimate of drug-likeness (QED) is 0.803. The molecule has 3 rings (SSSR count). The Morgan fingerprint density at radius 2 is 1.70 bits per heavy atom. The van der Waals surface area contributed by atoms with Crippen LogP contribution in [0.1, 0.15) is 30.0 Å². The third-order valence-corrected chi connectivity index (χ3v) is 4.25. The number of hydrogen-bond acceptors (Lipinski definition) is 2. The molecular formula is C15H20Cl2F4N2. The predicted octanol–water partition coefficient (Wildman–Crippen LogP) is 4.04. The zero-order chi connectivity index (χ0) is 15.0. The molecule has 0 unspecified atom stereocenters. The minimum Gasteiger partial charge on any atom is -0.314 e. The number of halogens is 6. The number of alkyl halides is 3. The molecule has 1 aliphatic carbocycles. The van der Waals surface area contributed by atoms with Crippen molar-refractivity contribution in [3.8, 4) is 0 Å². The molecule has 132 valence electrons. The van der Waals surface area contributed by atoms with Crippen LogP contribution in [0.25, 0.3) is 0 Å². The molecule has 1 saturated carbocycles. The molecule has 2 nitrogen and oxygen atoms in total. The summed E-state index contributed by atoms with van der Waals surface area (Å²) in [5.74, 6) is -0.722. The number of hydrogen-bond donors (Lipinski definition) is 1. The van der Waals surface area contributed by atoms with Gasteiger partial charge in [0.25, 0.3) is 0 Å². The van der Waals surface area contributed by atoms with Crippen molar-refractivity contribution in [3.05, 3.63) is 35.1 Å². The fourth-order valence-corrected chi connectivity index (χ4v) is 3.10. The first-order valence-corrected chi connectivity index (χ1v) is 7.28. The summed E-state index contributed by atoms with van der Waals surface area (Å²) in [7, 11) is 0. The van der Waals surface area contributed by atoms with Crippen molar-refractivity contribution in [2.24, 2.45) is 5.92 Å². The van der Waals surface area contributed by atoms with E-state index in [2.05, 4.69) is 10.2 Å². The van der Waals surface area contributed by atoms with Gasteiger partial charge in [-0.05, 0) is 36.5 Å². The third kappa shape index (κ3) is 4.72. The molecule has 0 bridgehead atoms. The van der Waals surface area contributed by atoms with Crippen molar-refractivity contribution in [3.63, 3.8) is 0 Å². The summed E-state index contributed by atoms with van der Waals surface area (Å²) in [6, 6.07) is 3.44. The summed E-state index contributed by atoms with van der Waals surface area (Å²) >= 11 is 0. The lowest BCUT2D eigenvalue weighted by Crippen LogP contribution is -2.45. The maximum absolute atomic E-state index is 13.8. The van der Waals surface area contributed by atoms with Gasteiger partial charge in [-0.2, -0.15) is 13.2 Å². The normalized spacial score (nSPS) is 20.3. The fourth-order valence-electron chi connectivity index (χ4n) is 3.10. The standard InChI is InChI=1S/C15H18F4N2.2ClH/c16-13-9-11(3-4-12(13)15(17,18)19)14(10-1-2-10)21-7-5-20-6-8-21;;/h3-4,9-10,14,20H,1-2,5-8H2;2*1H/t14-;;/m0../s1. The van der Waals surface area contributed by atoms with Gasteiger partial charge in [-0.3, -0.25) is 4.90 Å². The third-order valence-electron chi connectivity index (χ3n) is 4.25. The van der Waals surface area contributed by atoms with Crippen molar-refractivity contribution in [2.45, 2.75) is 25.1 Å². The van der Waals surface area contributed by atoms with Crippen molar-refractivity contribution in [2.75, 3.05) is 26.2 Å². The maximum Gasteiger partial charge on any atom is 0.419 e. The van der Waals surface area contributed by atoms with Crippen LogP contribution < -0.4 is 5.32 Å². The van der Waals surface area contributed by atoms with E-state index in [1.807, 2.05) is 0 Å². The second kappa shape index (κ2) is 8.01. The van der Waals surface area contributed by atoms with E-state index in [0.29, 0.717) is 11.5 Å². The van der Waals surface area contributed by atoms with Gasteiger partial charge in [0, 0.05) is 32.2 Å². The largest absolute Gasteiger partial charge is 0.419 e. The van der Waals surface area contributed by atoms with Crippen LogP contribution >= 0.6 is 24.8 Å². The molecule has 1 saturated heterocycles. The Bertz CT molecular complexity index is 515. The van der Waals surface area contributed by atoms with E-state index >= 15 is 0 Å². The Morgan fingerprint density at radius 3 is 2.17 bits per heavy atom. The summed E-state index contributed by atoms with van der Waals surface area (Å²) in [5.41, 5.74) is -0.508. The molecule has 0 radical (unpaired) electrons. The van der Waals surface area contributed by atoms with Gasteiger partial charge in [-0.15, -0.1) is 24.8 Å². The lowest BCUT2D eigenvalue weighted by molar-refractivity contribution is -0.140. The predicted molar refractivity (Wildman–Crippen MR) is 85.8 cm³/mol. The summed E-state index contributed by atoms with van der Waals surface area (Å²) in [4.78, 5) is 2.26. The van der Waals surface area contributed by atoms with Crippen molar-refractivity contribution < 1.29 is 17.6 Å². The summed E-state index contributed by atoms with van der Waals surface area (Å²) < 4.78 is 51.8. The molecule has 23 heavy (non-hydrogen) atoms. The number of benzene rings is 1. The van der Waals surface area contributed by atoms with Crippen LogP contribution in [-0.4, -0.2) is 31.1 Å². The molecule has 1 atom stereocenters. The Morgan fingerprint density at radius 1 is 1.09 bits per heavy atom. The van der Waals surface area contributed by atoms with Crippen LogP contribution in [0.5, 0.6) is 0 Å². The minimum atomic E-state index is -4.63. The first-order valence-electron chi connectivity index (χ1n) is 7.28. The highest BCUT2D eigenvalue weighted by Crippen LogP contribution is 2.45. The van der Waals surface area contributed by atoms with Gasteiger partial charge in [0.15, 0.2) is 0 Å². The second-order valence-electron chi connectivity index (χ2n) is 5.81. The highest BCUT2D eigenvalue weighted by Gasteiger charge is 2.39. The molecule has 0 amide bonds. The SMILES string of the molecule is Cl.Cl.Fc1cc([C@H](C2CC2)N2CCNCC2)ccc1C(F)(F)F. The maximum atomic E-state index is 13.8. The molecule has 1 aromatic rings. The van der Waals surface area contributed by atoms with Crippen LogP contribution in [0, 0.1) is 11.7 Å². The number of piperazine rings is 1. The monoisotopic (exact) mass is 374 g/mol. The topological polar surface area (TPSA) is 15.3 Å². The molecule has 2 aliphatic rings. The van der Waals surface area contributed by atoms with Gasteiger partial charge in [-0.25, -0.2) is 4.39 Å². The van der Waals surface area contributed by atoms with E-state index in [1.165, 1.54) is 6.07 Å². The lowest BCUT2D eigenvalue weighted by Gasteiger charge is -2.35. The zero-order valence-electron chi connectivity index (χ0n) is 12.4.